The van der Waals surface area contributed by atoms with Crippen molar-refractivity contribution in [3.63, 3.8) is 0 Å². The molecular weight excluding hydrogens is 364 g/mol. The summed E-state index contributed by atoms with van der Waals surface area (Å²) in [5.41, 5.74) is 0.948. The minimum Gasteiger partial charge on any atom is -0.497 e. The van der Waals surface area contributed by atoms with Crippen molar-refractivity contribution in [1.82, 2.24) is 20.1 Å². The van der Waals surface area contributed by atoms with Crippen LogP contribution >= 0.6 is 11.8 Å². The van der Waals surface area contributed by atoms with E-state index >= 15 is 0 Å². The predicted molar refractivity (Wildman–Crippen MR) is 105 cm³/mol. The van der Waals surface area contributed by atoms with Gasteiger partial charge in [0.25, 0.3) is 0 Å². The summed E-state index contributed by atoms with van der Waals surface area (Å²) in [7, 11) is 1.64. The molecule has 1 aromatic carbocycles. The van der Waals surface area contributed by atoms with Crippen molar-refractivity contribution in [2.24, 2.45) is 0 Å². The molecule has 1 aliphatic heterocycles. The highest BCUT2D eigenvalue weighted by Gasteiger charge is 2.22. The van der Waals surface area contributed by atoms with E-state index in [0.717, 1.165) is 36.6 Å². The van der Waals surface area contributed by atoms with E-state index in [0.29, 0.717) is 18.2 Å². The molecule has 0 radical (unpaired) electrons. The van der Waals surface area contributed by atoms with Gasteiger partial charge in [0.2, 0.25) is 5.91 Å². The highest BCUT2D eigenvalue weighted by Crippen LogP contribution is 2.27. The van der Waals surface area contributed by atoms with E-state index in [9.17, 15) is 4.79 Å². The lowest BCUT2D eigenvalue weighted by atomic mass is 10.2. The van der Waals surface area contributed by atoms with Crippen LogP contribution in [0.4, 0.5) is 0 Å². The fourth-order valence-corrected chi connectivity index (χ4v) is 3.65. The summed E-state index contributed by atoms with van der Waals surface area (Å²) in [6, 6.07) is 7.71. The van der Waals surface area contributed by atoms with Crippen LogP contribution in [0.2, 0.25) is 0 Å². The molecule has 1 atom stereocenters. The first kappa shape index (κ1) is 19.4. The van der Waals surface area contributed by atoms with Crippen molar-refractivity contribution in [2.75, 3.05) is 26.0 Å². The molecule has 1 aliphatic rings. The van der Waals surface area contributed by atoms with Gasteiger partial charge in [0.1, 0.15) is 5.75 Å². The van der Waals surface area contributed by atoms with E-state index in [1.165, 1.54) is 11.8 Å². The Hall–Kier alpha value is -2.32. The molecule has 1 fully saturated rings. The molecule has 2 aromatic rings. The first-order valence-electron chi connectivity index (χ1n) is 8.91. The third-order valence-corrected chi connectivity index (χ3v) is 5.22. The van der Waals surface area contributed by atoms with Gasteiger partial charge < -0.3 is 14.8 Å². The molecule has 0 bridgehead atoms. The maximum absolute atomic E-state index is 11.9. The molecule has 144 valence electrons. The van der Waals surface area contributed by atoms with Crippen LogP contribution in [0.25, 0.3) is 11.4 Å². The second-order valence-electron chi connectivity index (χ2n) is 6.16. The number of methoxy groups -OCH3 is 1. The number of ether oxygens (including phenoxy) is 2. The first-order valence-corrected chi connectivity index (χ1v) is 9.89. The number of carbonyl (C=O) groups excluding carboxylic acids is 1. The molecule has 7 nitrogen and oxygen atoms in total. The zero-order valence-corrected chi connectivity index (χ0v) is 16.2. The monoisotopic (exact) mass is 388 g/mol. The molecule has 1 aromatic heterocycles. The van der Waals surface area contributed by atoms with Crippen LogP contribution < -0.4 is 10.1 Å². The Morgan fingerprint density at radius 2 is 2.26 bits per heavy atom. The molecule has 8 heteroatoms. The summed E-state index contributed by atoms with van der Waals surface area (Å²) in [5.74, 6) is 1.78. The van der Waals surface area contributed by atoms with E-state index in [-0.39, 0.29) is 17.8 Å². The van der Waals surface area contributed by atoms with Gasteiger partial charge in [0.05, 0.1) is 25.5 Å². The van der Waals surface area contributed by atoms with Gasteiger partial charge in [0.15, 0.2) is 11.0 Å². The van der Waals surface area contributed by atoms with Crippen molar-refractivity contribution >= 4 is 17.7 Å². The summed E-state index contributed by atoms with van der Waals surface area (Å²) in [4.78, 5) is 11.9. The van der Waals surface area contributed by atoms with E-state index in [2.05, 4.69) is 22.1 Å². The highest BCUT2D eigenvalue weighted by atomic mass is 32.2. The molecule has 3 rings (SSSR count). The Kier molecular flexibility index (Phi) is 6.89. The number of amides is 1. The van der Waals surface area contributed by atoms with Crippen molar-refractivity contribution < 1.29 is 14.3 Å². The largest absolute Gasteiger partial charge is 0.497 e. The maximum Gasteiger partial charge on any atom is 0.230 e. The van der Waals surface area contributed by atoms with Crippen LogP contribution in [0.3, 0.4) is 0 Å². The average Bonchev–Trinajstić information content (AvgIpc) is 3.35. The average molecular weight is 388 g/mol. The zero-order valence-electron chi connectivity index (χ0n) is 15.4. The van der Waals surface area contributed by atoms with Crippen LogP contribution in [0, 0.1) is 0 Å². The number of rotatable bonds is 9. The minimum absolute atomic E-state index is 0.0578. The molecule has 1 unspecified atom stereocenters. The van der Waals surface area contributed by atoms with Gasteiger partial charge in [-0.1, -0.05) is 17.8 Å². The summed E-state index contributed by atoms with van der Waals surface area (Å²) in [6.45, 7) is 5.52. The number of carbonyl (C=O) groups is 1. The molecule has 0 saturated carbocycles. The molecule has 0 aliphatic carbocycles. The third-order valence-electron chi connectivity index (χ3n) is 4.25. The quantitative estimate of drug-likeness (QED) is 0.525. The number of benzene rings is 1. The van der Waals surface area contributed by atoms with Gasteiger partial charge >= 0.3 is 0 Å². The Morgan fingerprint density at radius 3 is 2.93 bits per heavy atom. The smallest absolute Gasteiger partial charge is 0.230 e. The second kappa shape index (κ2) is 9.57. The standard InChI is InChI=1S/C19H24N4O3S/c1-3-10-20-17(24)13-27-19-22-21-18(14-6-8-15(25-2)9-7-14)23(19)12-16-5-4-11-26-16/h3,6-9,16H,1,4-5,10-13H2,2H3,(H,20,24). The van der Waals surface area contributed by atoms with Gasteiger partial charge in [-0.2, -0.15) is 0 Å². The number of thioether (sulfide) groups is 1. The lowest BCUT2D eigenvalue weighted by Crippen LogP contribution is -2.25. The number of hydrogen-bond donors (Lipinski definition) is 1. The summed E-state index contributed by atoms with van der Waals surface area (Å²) in [6.07, 6.45) is 3.89. The fraction of sp³-hybridized carbons (Fsp3) is 0.421. The number of nitrogens with one attached hydrogen (secondary N) is 1. The summed E-state index contributed by atoms with van der Waals surface area (Å²) in [5, 5.41) is 12.2. The van der Waals surface area contributed by atoms with Crippen LogP contribution in [-0.4, -0.2) is 52.8 Å². The second-order valence-corrected chi connectivity index (χ2v) is 7.10. The molecule has 1 saturated heterocycles. The van der Waals surface area contributed by atoms with E-state index in [4.69, 9.17) is 9.47 Å². The Labute approximate surface area is 163 Å². The number of nitrogens with zero attached hydrogens (tertiary/aromatic N) is 3. The molecule has 1 N–H and O–H groups in total. The predicted octanol–water partition coefficient (Wildman–Crippen LogP) is 2.53. The third kappa shape index (κ3) is 5.11. The SMILES string of the molecule is C=CCNC(=O)CSc1nnc(-c2ccc(OC)cc2)n1CC1CCCO1. The van der Waals surface area contributed by atoms with E-state index < -0.39 is 0 Å². The molecule has 27 heavy (non-hydrogen) atoms. The lowest BCUT2D eigenvalue weighted by molar-refractivity contribution is -0.118. The van der Waals surface area contributed by atoms with Crippen molar-refractivity contribution in [2.45, 2.75) is 30.6 Å². The number of hydrogen-bond acceptors (Lipinski definition) is 6. The van der Waals surface area contributed by atoms with Gasteiger partial charge in [-0.15, -0.1) is 16.8 Å². The Balaban J connectivity index is 1.80. The highest BCUT2D eigenvalue weighted by molar-refractivity contribution is 7.99. The molecule has 2 heterocycles. The van der Waals surface area contributed by atoms with Crippen LogP contribution in [-0.2, 0) is 16.1 Å². The Bertz CT molecular complexity index is 770. The summed E-state index contributed by atoms with van der Waals surface area (Å²) >= 11 is 1.37. The lowest BCUT2D eigenvalue weighted by Gasteiger charge is -2.15. The van der Waals surface area contributed by atoms with Gasteiger partial charge in [-0.05, 0) is 37.1 Å². The molecule has 0 spiro atoms. The molecular formula is C19H24N4O3S. The minimum atomic E-state index is -0.0578. The van der Waals surface area contributed by atoms with Crippen molar-refractivity contribution in [1.29, 1.82) is 0 Å². The maximum atomic E-state index is 11.9. The number of aromatic nitrogens is 3. The van der Waals surface area contributed by atoms with Crippen molar-refractivity contribution in [3.05, 3.63) is 36.9 Å². The van der Waals surface area contributed by atoms with E-state index in [1.807, 2.05) is 28.8 Å². The summed E-state index contributed by atoms with van der Waals surface area (Å²) < 4.78 is 13.1. The van der Waals surface area contributed by atoms with Crippen LogP contribution in [0.1, 0.15) is 12.8 Å². The fourth-order valence-electron chi connectivity index (χ4n) is 2.87. The van der Waals surface area contributed by atoms with Crippen LogP contribution in [0.5, 0.6) is 5.75 Å². The zero-order chi connectivity index (χ0) is 19.1. The Morgan fingerprint density at radius 1 is 1.44 bits per heavy atom. The van der Waals surface area contributed by atoms with Gasteiger partial charge in [-0.3, -0.25) is 9.36 Å². The van der Waals surface area contributed by atoms with E-state index in [1.54, 1.807) is 13.2 Å². The first-order chi connectivity index (χ1) is 13.2. The van der Waals surface area contributed by atoms with Gasteiger partial charge in [0, 0.05) is 18.7 Å². The van der Waals surface area contributed by atoms with Crippen molar-refractivity contribution in [3.8, 4) is 17.1 Å². The topological polar surface area (TPSA) is 78.3 Å². The van der Waals surface area contributed by atoms with Crippen LogP contribution in [0.15, 0.2) is 42.1 Å². The molecule has 1 amide bonds. The normalized spacial score (nSPS) is 16.3. The van der Waals surface area contributed by atoms with Gasteiger partial charge in [-0.25, -0.2) is 0 Å².